The maximum absolute atomic E-state index is 5.70. The number of rotatable bonds is 4. The maximum atomic E-state index is 5.70. The Morgan fingerprint density at radius 2 is 1.19 bits per heavy atom. The number of nitrogens with two attached hydrogens (primary N) is 1. The first kappa shape index (κ1) is 12.9. The summed E-state index contributed by atoms with van der Waals surface area (Å²) in [6, 6.07) is 17.0. The molecule has 0 unspecified atom stereocenters. The van der Waals surface area contributed by atoms with Crippen LogP contribution in [-0.2, 0) is 0 Å². The molecule has 0 aliphatic heterocycles. The van der Waals surface area contributed by atoms with Crippen molar-refractivity contribution in [2.75, 3.05) is 5.73 Å². The van der Waals surface area contributed by atoms with E-state index in [1.165, 1.54) is 12.4 Å². The van der Waals surface area contributed by atoms with E-state index in [4.69, 9.17) is 15.2 Å². The fourth-order valence-electron chi connectivity index (χ4n) is 1.68. The molecule has 0 aliphatic carbocycles. The van der Waals surface area contributed by atoms with Crippen LogP contribution in [0.1, 0.15) is 0 Å². The molecule has 3 aromatic rings. The molecule has 1 aromatic heterocycles. The van der Waals surface area contributed by atoms with Crippen LogP contribution < -0.4 is 15.2 Å². The van der Waals surface area contributed by atoms with E-state index >= 15 is 0 Å². The predicted molar refractivity (Wildman–Crippen MR) is 79.5 cm³/mol. The van der Waals surface area contributed by atoms with Crippen LogP contribution in [0.4, 0.5) is 5.69 Å². The number of anilines is 1. The number of para-hydroxylation sites is 1. The molecule has 0 radical (unpaired) electrons. The van der Waals surface area contributed by atoms with Crippen LogP contribution in [-0.4, -0.2) is 9.97 Å². The van der Waals surface area contributed by atoms with Gasteiger partial charge in [0.05, 0.1) is 18.1 Å². The zero-order valence-electron chi connectivity index (χ0n) is 11.1. The molecular formula is C16H13N3O2. The van der Waals surface area contributed by atoms with Crippen LogP contribution in [0.5, 0.6) is 23.3 Å². The van der Waals surface area contributed by atoms with Gasteiger partial charge in [0.2, 0.25) is 0 Å². The maximum Gasteiger partial charge on any atom is 0.322 e. The van der Waals surface area contributed by atoms with Gasteiger partial charge in [-0.25, -0.2) is 9.97 Å². The number of nitrogens with zero attached hydrogens (tertiary/aromatic N) is 2. The number of hydrogen-bond donors (Lipinski definition) is 1. The van der Waals surface area contributed by atoms with Gasteiger partial charge in [-0.1, -0.05) is 18.2 Å². The van der Waals surface area contributed by atoms with E-state index in [1.54, 1.807) is 12.1 Å². The van der Waals surface area contributed by atoms with Gasteiger partial charge in [0.25, 0.3) is 0 Å². The van der Waals surface area contributed by atoms with Crippen LogP contribution in [0.2, 0.25) is 0 Å². The Morgan fingerprint density at radius 3 is 1.81 bits per heavy atom. The third kappa shape index (κ3) is 3.48. The molecule has 21 heavy (non-hydrogen) atoms. The fourth-order valence-corrected chi connectivity index (χ4v) is 1.68. The molecule has 1 heterocycles. The smallest absolute Gasteiger partial charge is 0.322 e. The van der Waals surface area contributed by atoms with Crippen molar-refractivity contribution in [3.05, 3.63) is 67.0 Å². The van der Waals surface area contributed by atoms with Gasteiger partial charge < -0.3 is 15.2 Å². The molecule has 3 rings (SSSR count). The second kappa shape index (κ2) is 5.92. The lowest BCUT2D eigenvalue weighted by Gasteiger charge is -2.07. The summed E-state index contributed by atoms with van der Waals surface area (Å²) in [5.41, 5.74) is 6.01. The predicted octanol–water partition coefficient (Wildman–Crippen LogP) is 3.64. The van der Waals surface area contributed by atoms with Crippen molar-refractivity contribution in [2.24, 2.45) is 0 Å². The first-order chi connectivity index (χ1) is 10.3. The van der Waals surface area contributed by atoms with Crippen LogP contribution in [0, 0.1) is 0 Å². The van der Waals surface area contributed by atoms with Crippen molar-refractivity contribution in [3.63, 3.8) is 0 Å². The van der Waals surface area contributed by atoms with Gasteiger partial charge in [0.15, 0.2) is 0 Å². The fraction of sp³-hybridized carbons (Fsp3) is 0. The highest BCUT2D eigenvalue weighted by atomic mass is 16.5. The molecule has 0 spiro atoms. The lowest BCUT2D eigenvalue weighted by Crippen LogP contribution is -1.93. The number of hydrogen-bond acceptors (Lipinski definition) is 5. The summed E-state index contributed by atoms with van der Waals surface area (Å²) in [7, 11) is 0. The van der Waals surface area contributed by atoms with Crippen molar-refractivity contribution < 1.29 is 9.47 Å². The van der Waals surface area contributed by atoms with E-state index < -0.39 is 0 Å². The Bertz CT molecular complexity index is 698. The minimum Gasteiger partial charge on any atom is -0.457 e. The first-order valence-electron chi connectivity index (χ1n) is 6.38. The van der Waals surface area contributed by atoms with Crippen molar-refractivity contribution in [1.29, 1.82) is 0 Å². The van der Waals surface area contributed by atoms with Crippen molar-refractivity contribution in [2.45, 2.75) is 0 Å². The largest absolute Gasteiger partial charge is 0.457 e. The Hall–Kier alpha value is -3.08. The van der Waals surface area contributed by atoms with Crippen molar-refractivity contribution >= 4 is 5.69 Å². The summed E-state index contributed by atoms with van der Waals surface area (Å²) in [5, 5.41) is 0. The van der Waals surface area contributed by atoms with E-state index in [2.05, 4.69) is 9.97 Å². The van der Waals surface area contributed by atoms with E-state index in [0.717, 1.165) is 11.5 Å². The molecule has 0 atom stereocenters. The molecule has 5 heteroatoms. The van der Waals surface area contributed by atoms with Crippen molar-refractivity contribution in [1.82, 2.24) is 9.97 Å². The van der Waals surface area contributed by atoms with E-state index in [0.29, 0.717) is 11.4 Å². The number of aromatic nitrogens is 2. The summed E-state index contributed by atoms with van der Waals surface area (Å²) in [6.45, 7) is 0. The Morgan fingerprint density at radius 1 is 0.667 bits per heavy atom. The molecule has 104 valence electrons. The molecule has 0 saturated heterocycles. The number of benzene rings is 2. The molecule has 0 fully saturated rings. The van der Waals surface area contributed by atoms with E-state index in [9.17, 15) is 0 Å². The van der Waals surface area contributed by atoms with Gasteiger partial charge in [0.1, 0.15) is 17.2 Å². The molecular weight excluding hydrogens is 266 g/mol. The quantitative estimate of drug-likeness (QED) is 0.789. The molecule has 0 saturated carbocycles. The summed E-state index contributed by atoms with van der Waals surface area (Å²) in [4.78, 5) is 7.95. The zero-order valence-corrected chi connectivity index (χ0v) is 11.1. The highest BCUT2D eigenvalue weighted by Crippen LogP contribution is 2.25. The highest BCUT2D eigenvalue weighted by molar-refractivity contribution is 5.36. The molecule has 2 N–H and O–H groups in total. The van der Waals surface area contributed by atoms with Crippen LogP contribution in [0.25, 0.3) is 0 Å². The lowest BCUT2D eigenvalue weighted by atomic mass is 10.3. The van der Waals surface area contributed by atoms with Crippen LogP contribution in [0.15, 0.2) is 67.0 Å². The zero-order chi connectivity index (χ0) is 14.5. The SMILES string of the molecule is Nc1cnc(Oc2ccc(Oc3ccccc3)cc2)nc1. The normalized spacial score (nSPS) is 10.1. The molecule has 0 bridgehead atoms. The Kier molecular flexibility index (Phi) is 3.64. The Labute approximate surface area is 122 Å². The van der Waals surface area contributed by atoms with Gasteiger partial charge in [0, 0.05) is 0 Å². The third-order valence-electron chi connectivity index (χ3n) is 2.66. The van der Waals surface area contributed by atoms with Gasteiger partial charge in [-0.05, 0) is 36.4 Å². The number of ether oxygens (including phenoxy) is 2. The minimum atomic E-state index is 0.251. The Balaban J connectivity index is 1.68. The molecule has 0 amide bonds. The van der Waals surface area contributed by atoms with Crippen molar-refractivity contribution in [3.8, 4) is 23.3 Å². The number of nitrogen functional groups attached to an aromatic ring is 1. The first-order valence-corrected chi connectivity index (χ1v) is 6.38. The highest BCUT2D eigenvalue weighted by Gasteiger charge is 2.01. The summed E-state index contributed by atoms with van der Waals surface area (Å²) >= 11 is 0. The summed E-state index contributed by atoms with van der Waals surface area (Å²) in [6.07, 6.45) is 2.99. The average Bonchev–Trinajstić information content (AvgIpc) is 2.53. The average molecular weight is 279 g/mol. The van der Waals surface area contributed by atoms with Gasteiger partial charge in [-0.2, -0.15) is 0 Å². The van der Waals surface area contributed by atoms with Crippen LogP contribution >= 0.6 is 0 Å². The van der Waals surface area contributed by atoms with E-state index in [-0.39, 0.29) is 6.01 Å². The standard InChI is InChI=1S/C16H13N3O2/c17-12-10-18-16(19-11-12)21-15-8-6-14(7-9-15)20-13-4-2-1-3-5-13/h1-11H,17H2. The second-order valence-corrected chi connectivity index (χ2v) is 4.29. The third-order valence-corrected chi connectivity index (χ3v) is 2.66. The topological polar surface area (TPSA) is 70.3 Å². The minimum absolute atomic E-state index is 0.251. The van der Waals surface area contributed by atoms with Gasteiger partial charge in [-0.15, -0.1) is 0 Å². The molecule has 0 aliphatic rings. The summed E-state index contributed by atoms with van der Waals surface area (Å²) < 4.78 is 11.2. The lowest BCUT2D eigenvalue weighted by molar-refractivity contribution is 0.438. The monoisotopic (exact) mass is 279 g/mol. The van der Waals surface area contributed by atoms with Gasteiger partial charge in [-0.3, -0.25) is 0 Å². The second-order valence-electron chi connectivity index (χ2n) is 4.29. The molecule has 2 aromatic carbocycles. The summed E-state index contributed by atoms with van der Waals surface area (Å²) in [5.74, 6) is 2.14. The van der Waals surface area contributed by atoms with E-state index in [1.807, 2.05) is 42.5 Å². The van der Waals surface area contributed by atoms with Gasteiger partial charge >= 0.3 is 6.01 Å². The molecule has 5 nitrogen and oxygen atoms in total. The van der Waals surface area contributed by atoms with Crippen LogP contribution in [0.3, 0.4) is 0 Å².